The highest BCUT2D eigenvalue weighted by Crippen LogP contribution is 2.07. The van der Waals surface area contributed by atoms with Gasteiger partial charge in [0.1, 0.15) is 5.76 Å². The predicted molar refractivity (Wildman–Crippen MR) is 58.8 cm³/mol. The van der Waals surface area contributed by atoms with Gasteiger partial charge in [0.05, 0.1) is 18.8 Å². The number of nitrogens with two attached hydrogens (primary N) is 2. The summed E-state index contributed by atoms with van der Waals surface area (Å²) in [5, 5.41) is 0. The molecule has 0 radical (unpaired) electrons. The number of aromatic nitrogens is 1. The van der Waals surface area contributed by atoms with Gasteiger partial charge in [0.15, 0.2) is 0 Å². The van der Waals surface area contributed by atoms with Crippen LogP contribution in [0, 0.1) is 6.92 Å². The first-order valence-corrected chi connectivity index (χ1v) is 3.13. The first-order valence-electron chi connectivity index (χ1n) is 3.13. The lowest BCUT2D eigenvalue weighted by molar-refractivity contribution is 0.457. The minimum atomic E-state index is 0. The Labute approximate surface area is 95.7 Å². The first kappa shape index (κ1) is 18.7. The van der Waals surface area contributed by atoms with Gasteiger partial charge in [-0.15, -0.1) is 37.2 Å². The zero-order valence-electron chi connectivity index (χ0n) is 7.15. The minimum Gasteiger partial charge on any atom is -0.443 e. The number of aryl methyl sites for hydroxylation is 1. The van der Waals surface area contributed by atoms with E-state index in [1.54, 1.807) is 0 Å². The van der Waals surface area contributed by atoms with Gasteiger partial charge in [-0.1, -0.05) is 0 Å². The Kier molecular flexibility index (Phi) is 12.4. The Morgan fingerprint density at radius 1 is 1.15 bits per heavy atom. The van der Waals surface area contributed by atoms with Gasteiger partial charge in [0, 0.05) is 0 Å². The summed E-state index contributed by atoms with van der Waals surface area (Å²) in [6.07, 6.45) is 0. The van der Waals surface area contributed by atoms with Crippen LogP contribution in [0.25, 0.3) is 0 Å². The van der Waals surface area contributed by atoms with Crippen molar-refractivity contribution in [1.82, 2.24) is 4.98 Å². The Morgan fingerprint density at radius 2 is 1.69 bits per heavy atom. The van der Waals surface area contributed by atoms with E-state index in [0.29, 0.717) is 19.0 Å². The molecule has 4 N–H and O–H groups in total. The van der Waals surface area contributed by atoms with Crippen molar-refractivity contribution in [3.63, 3.8) is 0 Å². The van der Waals surface area contributed by atoms with Crippen LogP contribution in [0.4, 0.5) is 0 Å². The van der Waals surface area contributed by atoms with Gasteiger partial charge in [-0.25, -0.2) is 4.98 Å². The summed E-state index contributed by atoms with van der Waals surface area (Å²) in [6, 6.07) is 0. The van der Waals surface area contributed by atoms with E-state index < -0.39 is 0 Å². The molecule has 1 rings (SSSR count). The minimum absolute atomic E-state index is 0. The van der Waals surface area contributed by atoms with Crippen molar-refractivity contribution in [1.29, 1.82) is 0 Å². The topological polar surface area (TPSA) is 78.1 Å². The van der Waals surface area contributed by atoms with Gasteiger partial charge >= 0.3 is 0 Å². The maximum Gasteiger partial charge on any atom is 0.208 e. The number of hydrogen-bond acceptors (Lipinski definition) is 4. The van der Waals surface area contributed by atoms with Crippen LogP contribution in [0.15, 0.2) is 4.42 Å². The van der Waals surface area contributed by atoms with Gasteiger partial charge < -0.3 is 15.9 Å². The second-order valence-corrected chi connectivity index (χ2v) is 2.02. The van der Waals surface area contributed by atoms with Gasteiger partial charge in [-0.2, -0.15) is 0 Å². The van der Waals surface area contributed by atoms with Gasteiger partial charge in [-0.3, -0.25) is 0 Å². The average Bonchev–Trinajstić information content (AvgIpc) is 2.30. The van der Waals surface area contributed by atoms with Crippen molar-refractivity contribution in [3.8, 4) is 0 Å². The molecule has 0 aromatic carbocycles. The fourth-order valence-electron chi connectivity index (χ4n) is 0.765. The molecule has 0 aliphatic carbocycles. The molecular formula is C6H14Cl3N3O. The quantitative estimate of drug-likeness (QED) is 0.826. The fourth-order valence-corrected chi connectivity index (χ4v) is 0.765. The predicted octanol–water partition coefficient (Wildman–Crippen LogP) is 1.17. The van der Waals surface area contributed by atoms with Crippen molar-refractivity contribution in [2.24, 2.45) is 11.5 Å². The van der Waals surface area contributed by atoms with E-state index >= 15 is 0 Å². The second kappa shape index (κ2) is 8.59. The van der Waals surface area contributed by atoms with E-state index in [4.69, 9.17) is 15.9 Å². The molecule has 80 valence electrons. The average molecular weight is 251 g/mol. The highest BCUT2D eigenvalue weighted by molar-refractivity contribution is 5.86. The van der Waals surface area contributed by atoms with Crippen molar-refractivity contribution in [2.45, 2.75) is 20.0 Å². The first-order chi connectivity index (χ1) is 4.77. The summed E-state index contributed by atoms with van der Waals surface area (Å²) >= 11 is 0. The van der Waals surface area contributed by atoms with Crippen LogP contribution < -0.4 is 11.5 Å². The summed E-state index contributed by atoms with van der Waals surface area (Å²) in [4.78, 5) is 4.03. The number of hydrogen-bond donors (Lipinski definition) is 2. The zero-order valence-corrected chi connectivity index (χ0v) is 9.60. The highest BCUT2D eigenvalue weighted by Gasteiger charge is 2.04. The lowest BCUT2D eigenvalue weighted by atomic mass is 10.4. The van der Waals surface area contributed by atoms with Crippen molar-refractivity contribution in [3.05, 3.63) is 17.3 Å². The van der Waals surface area contributed by atoms with Crippen LogP contribution in [0.3, 0.4) is 0 Å². The molecule has 7 heteroatoms. The van der Waals surface area contributed by atoms with Crippen molar-refractivity contribution >= 4 is 37.2 Å². The monoisotopic (exact) mass is 249 g/mol. The van der Waals surface area contributed by atoms with E-state index in [0.717, 1.165) is 11.5 Å². The number of rotatable bonds is 2. The van der Waals surface area contributed by atoms with Crippen LogP contribution >= 0.6 is 37.2 Å². The number of oxazole rings is 1. The Morgan fingerprint density at radius 3 is 1.92 bits per heavy atom. The maximum absolute atomic E-state index is 5.34. The molecule has 0 spiro atoms. The van der Waals surface area contributed by atoms with Crippen LogP contribution in [-0.4, -0.2) is 4.98 Å². The summed E-state index contributed by atoms with van der Waals surface area (Å²) in [6.45, 7) is 2.57. The van der Waals surface area contributed by atoms with Crippen molar-refractivity contribution < 1.29 is 4.42 Å². The third kappa shape index (κ3) is 4.69. The standard InChI is InChI=1S/C6H11N3O.3ClH/c1-4-5(2-7)10-6(3-8)9-4;;;/h2-3,7-8H2,1H3;3*1H. The van der Waals surface area contributed by atoms with E-state index in [-0.39, 0.29) is 37.2 Å². The van der Waals surface area contributed by atoms with Crippen LogP contribution in [0.5, 0.6) is 0 Å². The Balaban J connectivity index is -0.000000333. The number of halogens is 3. The van der Waals surface area contributed by atoms with E-state index in [9.17, 15) is 0 Å². The maximum atomic E-state index is 5.34. The molecule has 0 bridgehead atoms. The highest BCUT2D eigenvalue weighted by atomic mass is 35.5. The molecule has 0 aliphatic heterocycles. The molecule has 0 amide bonds. The normalized spacial score (nSPS) is 7.92. The molecule has 4 nitrogen and oxygen atoms in total. The van der Waals surface area contributed by atoms with Crippen LogP contribution in [0.1, 0.15) is 17.3 Å². The summed E-state index contributed by atoms with van der Waals surface area (Å²) in [7, 11) is 0. The largest absolute Gasteiger partial charge is 0.443 e. The Hall–Kier alpha value is -0.000000000000000111. The SMILES string of the molecule is Cc1nc(CN)oc1CN.Cl.Cl.Cl. The molecule has 0 atom stereocenters. The molecule has 0 saturated carbocycles. The summed E-state index contributed by atoms with van der Waals surface area (Å²) < 4.78 is 5.15. The molecule has 0 unspecified atom stereocenters. The molecule has 1 aromatic heterocycles. The van der Waals surface area contributed by atoms with Crippen molar-refractivity contribution in [2.75, 3.05) is 0 Å². The van der Waals surface area contributed by atoms with Crippen LogP contribution in [0.2, 0.25) is 0 Å². The summed E-state index contributed by atoms with van der Waals surface area (Å²) in [5.74, 6) is 1.28. The van der Waals surface area contributed by atoms with E-state index in [2.05, 4.69) is 4.98 Å². The third-order valence-electron chi connectivity index (χ3n) is 1.30. The molecule has 1 heterocycles. The molecule has 13 heavy (non-hydrogen) atoms. The molecule has 0 fully saturated rings. The molecular weight excluding hydrogens is 236 g/mol. The smallest absolute Gasteiger partial charge is 0.208 e. The third-order valence-corrected chi connectivity index (χ3v) is 1.30. The Bertz CT molecular complexity index is 229. The zero-order chi connectivity index (χ0) is 7.56. The van der Waals surface area contributed by atoms with Gasteiger partial charge in [0.25, 0.3) is 0 Å². The van der Waals surface area contributed by atoms with Crippen LogP contribution in [-0.2, 0) is 13.1 Å². The second-order valence-electron chi connectivity index (χ2n) is 2.02. The lowest BCUT2D eigenvalue weighted by Gasteiger charge is -1.86. The van der Waals surface area contributed by atoms with Gasteiger partial charge in [-0.05, 0) is 6.92 Å². The molecule has 0 aliphatic rings. The summed E-state index contributed by atoms with van der Waals surface area (Å²) in [5.41, 5.74) is 11.5. The van der Waals surface area contributed by atoms with E-state index in [1.165, 1.54) is 0 Å². The number of nitrogens with zero attached hydrogens (tertiary/aromatic N) is 1. The van der Waals surface area contributed by atoms with Gasteiger partial charge in [0.2, 0.25) is 5.89 Å². The molecule has 1 aromatic rings. The van der Waals surface area contributed by atoms with E-state index in [1.807, 2.05) is 6.92 Å². The lowest BCUT2D eigenvalue weighted by Crippen LogP contribution is -1.96. The fraction of sp³-hybridized carbons (Fsp3) is 0.500. The molecule has 0 saturated heterocycles.